The number of aromatic nitrogens is 5. The summed E-state index contributed by atoms with van der Waals surface area (Å²) in [4.78, 5) is 9.49. The fourth-order valence-electron chi connectivity index (χ4n) is 4.23. The predicted molar refractivity (Wildman–Crippen MR) is 111 cm³/mol. The second-order valence-electron chi connectivity index (χ2n) is 7.32. The molecule has 2 atom stereocenters. The molecule has 2 fully saturated rings. The van der Waals surface area contributed by atoms with Crippen LogP contribution in [0.1, 0.15) is 18.4 Å². The molecule has 1 N–H and O–H groups in total. The minimum absolute atomic E-state index is 0.293. The summed E-state index contributed by atoms with van der Waals surface area (Å²) in [7, 11) is 0. The van der Waals surface area contributed by atoms with E-state index in [2.05, 4.69) is 47.2 Å². The number of H-pyrrole nitrogens is 1. The van der Waals surface area contributed by atoms with Gasteiger partial charge in [-0.15, -0.1) is 10.2 Å². The van der Waals surface area contributed by atoms with Crippen LogP contribution in [0.2, 0.25) is 5.02 Å². The van der Waals surface area contributed by atoms with Gasteiger partial charge in [0.1, 0.15) is 5.82 Å². The molecule has 0 unspecified atom stereocenters. The van der Waals surface area contributed by atoms with Crippen LogP contribution in [0.4, 0.5) is 5.82 Å². The van der Waals surface area contributed by atoms with E-state index in [9.17, 15) is 0 Å². The third-order valence-electron chi connectivity index (χ3n) is 5.58. The second-order valence-corrected chi connectivity index (χ2v) is 7.76. The molecule has 0 bridgehead atoms. The summed E-state index contributed by atoms with van der Waals surface area (Å²) >= 11 is 6.07. The Bertz CT molecular complexity index is 1060. The molecule has 2 aliphatic heterocycles. The van der Waals surface area contributed by atoms with Gasteiger partial charge in [-0.05, 0) is 48.4 Å². The van der Waals surface area contributed by atoms with E-state index in [1.54, 1.807) is 0 Å². The molecule has 146 valence electrons. The lowest BCUT2D eigenvalue weighted by molar-refractivity contribution is 0.203. The average molecular weight is 406 g/mol. The summed E-state index contributed by atoms with van der Waals surface area (Å²) in [5, 5.41) is 15.2. The number of nitrogens with one attached hydrogen (secondary N) is 1. The van der Waals surface area contributed by atoms with Crippen molar-refractivity contribution in [2.24, 2.45) is 0 Å². The molecule has 0 spiro atoms. The smallest absolute Gasteiger partial charge is 0.208 e. The number of pyridine rings is 1. The molecule has 2 aromatic heterocycles. The minimum atomic E-state index is 0.293. The lowest BCUT2D eigenvalue weighted by atomic mass is 10.1. The molecular formula is C21H20ClN7. The average Bonchev–Trinajstić information content (AvgIpc) is 3.42. The van der Waals surface area contributed by atoms with Crippen LogP contribution < -0.4 is 4.90 Å². The molecule has 3 aromatic rings. The lowest BCUT2D eigenvalue weighted by Gasteiger charge is -2.40. The summed E-state index contributed by atoms with van der Waals surface area (Å²) in [6.07, 6.45) is 4.04. The van der Waals surface area contributed by atoms with Gasteiger partial charge in [0.15, 0.2) is 0 Å². The highest BCUT2D eigenvalue weighted by atomic mass is 35.5. The number of halogens is 1. The number of benzene rings is 1. The SMILES string of the molecule is Clc1cccc(C#C[C@H]2CC[C@H]3CN(c4ncccc4-c4nn[nH]n4)CCN32)c1. The molecule has 7 nitrogen and oxygen atoms in total. The van der Waals surface area contributed by atoms with E-state index in [4.69, 9.17) is 11.6 Å². The Morgan fingerprint density at radius 2 is 2.10 bits per heavy atom. The van der Waals surface area contributed by atoms with Gasteiger partial charge in [0, 0.05) is 42.5 Å². The second kappa shape index (κ2) is 7.82. The quantitative estimate of drug-likeness (QED) is 0.661. The number of hydrogen-bond donors (Lipinski definition) is 1. The molecule has 0 radical (unpaired) electrons. The first kappa shape index (κ1) is 18.1. The van der Waals surface area contributed by atoms with Gasteiger partial charge in [-0.3, -0.25) is 4.90 Å². The van der Waals surface area contributed by atoms with E-state index in [-0.39, 0.29) is 0 Å². The van der Waals surface area contributed by atoms with Crippen LogP contribution in [-0.2, 0) is 0 Å². The Morgan fingerprint density at radius 1 is 1.14 bits per heavy atom. The Kier molecular flexibility index (Phi) is 4.88. The van der Waals surface area contributed by atoms with E-state index >= 15 is 0 Å². The van der Waals surface area contributed by atoms with Crippen molar-refractivity contribution in [3.63, 3.8) is 0 Å². The molecule has 2 saturated heterocycles. The molecule has 1 aromatic carbocycles. The van der Waals surface area contributed by atoms with E-state index in [1.807, 2.05) is 42.6 Å². The van der Waals surface area contributed by atoms with Crippen LogP contribution in [0.25, 0.3) is 11.4 Å². The van der Waals surface area contributed by atoms with Crippen LogP contribution in [-0.4, -0.2) is 62.2 Å². The fraction of sp³-hybridized carbons (Fsp3) is 0.333. The number of anilines is 1. The maximum Gasteiger partial charge on any atom is 0.208 e. The van der Waals surface area contributed by atoms with Crippen LogP contribution in [0.3, 0.4) is 0 Å². The molecule has 29 heavy (non-hydrogen) atoms. The van der Waals surface area contributed by atoms with Crippen molar-refractivity contribution in [1.82, 2.24) is 30.5 Å². The van der Waals surface area contributed by atoms with Crippen molar-refractivity contribution >= 4 is 17.4 Å². The highest BCUT2D eigenvalue weighted by molar-refractivity contribution is 6.30. The minimum Gasteiger partial charge on any atom is -0.353 e. The van der Waals surface area contributed by atoms with Crippen molar-refractivity contribution in [1.29, 1.82) is 0 Å². The van der Waals surface area contributed by atoms with E-state index in [0.717, 1.165) is 54.4 Å². The molecule has 0 saturated carbocycles. The van der Waals surface area contributed by atoms with Gasteiger partial charge >= 0.3 is 0 Å². The topological polar surface area (TPSA) is 73.8 Å². The lowest BCUT2D eigenvalue weighted by Crippen LogP contribution is -2.52. The summed E-state index contributed by atoms with van der Waals surface area (Å²) in [6.45, 7) is 2.78. The summed E-state index contributed by atoms with van der Waals surface area (Å²) in [6, 6.07) is 12.4. The van der Waals surface area contributed by atoms with Gasteiger partial charge in [-0.1, -0.05) is 29.5 Å². The third-order valence-corrected chi connectivity index (χ3v) is 5.82. The molecule has 4 heterocycles. The summed E-state index contributed by atoms with van der Waals surface area (Å²) < 4.78 is 0. The Hall–Kier alpha value is -2.95. The van der Waals surface area contributed by atoms with Gasteiger partial charge in [0.2, 0.25) is 5.82 Å². The first-order chi connectivity index (χ1) is 14.3. The third kappa shape index (κ3) is 3.69. The zero-order valence-corrected chi connectivity index (χ0v) is 16.5. The van der Waals surface area contributed by atoms with Crippen LogP contribution in [0.5, 0.6) is 0 Å². The molecule has 5 rings (SSSR count). The Morgan fingerprint density at radius 3 is 2.97 bits per heavy atom. The number of fused-ring (bicyclic) bond motifs is 1. The normalized spacial score (nSPS) is 21.5. The molecule has 0 aliphatic carbocycles. The van der Waals surface area contributed by atoms with Crippen molar-refractivity contribution in [3.05, 3.63) is 53.2 Å². The van der Waals surface area contributed by atoms with E-state index in [1.165, 1.54) is 0 Å². The maximum atomic E-state index is 6.07. The van der Waals surface area contributed by atoms with Crippen molar-refractivity contribution in [2.75, 3.05) is 24.5 Å². The van der Waals surface area contributed by atoms with Gasteiger partial charge in [-0.25, -0.2) is 4.98 Å². The number of hydrogen-bond acceptors (Lipinski definition) is 6. The number of tetrazole rings is 1. The summed E-state index contributed by atoms with van der Waals surface area (Å²) in [5.74, 6) is 8.26. The number of aromatic amines is 1. The highest BCUT2D eigenvalue weighted by Gasteiger charge is 2.37. The molecule has 8 heteroatoms. The van der Waals surface area contributed by atoms with E-state index in [0.29, 0.717) is 17.9 Å². The first-order valence-corrected chi connectivity index (χ1v) is 10.1. The van der Waals surface area contributed by atoms with Crippen molar-refractivity contribution < 1.29 is 0 Å². The van der Waals surface area contributed by atoms with E-state index < -0.39 is 0 Å². The van der Waals surface area contributed by atoms with Crippen LogP contribution >= 0.6 is 11.6 Å². The van der Waals surface area contributed by atoms with Crippen LogP contribution in [0, 0.1) is 11.8 Å². The zero-order chi connectivity index (χ0) is 19.6. The monoisotopic (exact) mass is 405 g/mol. The van der Waals surface area contributed by atoms with Crippen molar-refractivity contribution in [2.45, 2.75) is 24.9 Å². The van der Waals surface area contributed by atoms with Crippen LogP contribution in [0.15, 0.2) is 42.6 Å². The van der Waals surface area contributed by atoms with Crippen molar-refractivity contribution in [3.8, 4) is 23.2 Å². The highest BCUT2D eigenvalue weighted by Crippen LogP contribution is 2.32. The van der Waals surface area contributed by atoms with Gasteiger partial charge < -0.3 is 4.90 Å². The first-order valence-electron chi connectivity index (χ1n) is 9.74. The predicted octanol–water partition coefficient (Wildman–Crippen LogP) is 2.62. The maximum absolute atomic E-state index is 6.07. The standard InChI is InChI=1S/C21H20ClN7/c22-16-4-1-3-15(13-16)6-7-17-8-9-18-14-28(11-12-29(17)18)21-19(5-2-10-23-21)20-24-26-27-25-20/h1-5,10,13,17-18H,8-9,11-12,14H2,(H,24,25,26,27)/t17-,18-/m0/s1. The molecule has 0 amide bonds. The number of rotatable bonds is 2. The number of piperazine rings is 1. The Labute approximate surface area is 174 Å². The number of nitrogens with zero attached hydrogens (tertiary/aromatic N) is 6. The largest absolute Gasteiger partial charge is 0.353 e. The van der Waals surface area contributed by atoms with Gasteiger partial charge in [0.25, 0.3) is 0 Å². The van der Waals surface area contributed by atoms with Gasteiger partial charge in [0.05, 0.1) is 11.6 Å². The summed E-state index contributed by atoms with van der Waals surface area (Å²) in [5.41, 5.74) is 1.88. The molecule has 2 aliphatic rings. The molecular weight excluding hydrogens is 386 g/mol. The fourth-order valence-corrected chi connectivity index (χ4v) is 4.42. The zero-order valence-electron chi connectivity index (χ0n) is 15.8. The van der Waals surface area contributed by atoms with Gasteiger partial charge in [-0.2, -0.15) is 5.21 Å². The Balaban J connectivity index is 1.32.